The molecule has 1 aromatic rings. The molecule has 3 heterocycles. The van der Waals surface area contributed by atoms with Crippen LogP contribution in [0.3, 0.4) is 0 Å². The summed E-state index contributed by atoms with van der Waals surface area (Å²) in [7, 11) is 0. The van der Waals surface area contributed by atoms with Crippen LogP contribution in [0, 0.1) is 11.3 Å². The zero-order valence-corrected chi connectivity index (χ0v) is 22.1. The number of cyclic esters (lactones) is 1. The number of benzene rings is 1. The van der Waals surface area contributed by atoms with Crippen LogP contribution >= 0.6 is 15.9 Å². The van der Waals surface area contributed by atoms with Crippen LogP contribution in [0.25, 0.3) is 0 Å². The Labute approximate surface area is 214 Å². The third kappa shape index (κ3) is 5.68. The second-order valence-electron chi connectivity index (χ2n) is 10.7. The molecule has 3 fully saturated rings. The second-order valence-corrected chi connectivity index (χ2v) is 11.5. The number of fused-ring (bicyclic) bond motifs is 2. The number of aliphatic hydroxyl groups excluding tert-OH is 1. The summed E-state index contributed by atoms with van der Waals surface area (Å²) < 4.78 is 25.5. The number of esters is 2. The highest BCUT2D eigenvalue weighted by atomic mass is 79.9. The van der Waals surface area contributed by atoms with Gasteiger partial charge in [0.2, 0.25) is 0 Å². The average Bonchev–Trinajstić information content (AvgIpc) is 2.78. The molecule has 1 aromatic carbocycles. The van der Waals surface area contributed by atoms with E-state index in [4.69, 9.17) is 18.9 Å². The first-order valence-electron chi connectivity index (χ1n) is 12.3. The number of ether oxygens (including phenoxy) is 4. The lowest BCUT2D eigenvalue weighted by molar-refractivity contribution is -0.381. The van der Waals surface area contributed by atoms with Crippen LogP contribution in [-0.4, -0.2) is 59.0 Å². The van der Waals surface area contributed by atoms with Crippen molar-refractivity contribution >= 4 is 27.9 Å². The fourth-order valence-electron chi connectivity index (χ4n) is 5.43. The Morgan fingerprint density at radius 3 is 2.60 bits per heavy atom. The van der Waals surface area contributed by atoms with E-state index >= 15 is 0 Å². The van der Waals surface area contributed by atoms with E-state index in [0.717, 1.165) is 16.5 Å². The number of halogens is 1. The molecule has 6 atom stereocenters. The summed E-state index contributed by atoms with van der Waals surface area (Å²) in [6, 6.07) is 5.18. The lowest BCUT2D eigenvalue weighted by Gasteiger charge is -2.57. The number of aliphatic hydroxyl groups is 1. The van der Waals surface area contributed by atoms with Gasteiger partial charge in [0.05, 0.1) is 31.7 Å². The van der Waals surface area contributed by atoms with Crippen LogP contribution in [0.5, 0.6) is 5.75 Å². The molecule has 35 heavy (non-hydrogen) atoms. The molecule has 194 valence electrons. The number of hydrogen-bond donors (Lipinski definition) is 2. The molecule has 0 amide bonds. The minimum atomic E-state index is -1.02. The number of aromatic hydroxyl groups is 1. The van der Waals surface area contributed by atoms with Crippen molar-refractivity contribution in [2.24, 2.45) is 11.3 Å². The Hall–Kier alpha value is -1.68. The van der Waals surface area contributed by atoms with Gasteiger partial charge in [0.1, 0.15) is 18.0 Å². The quantitative estimate of drug-likeness (QED) is 0.536. The van der Waals surface area contributed by atoms with E-state index < -0.39 is 36.5 Å². The van der Waals surface area contributed by atoms with Gasteiger partial charge in [-0.15, -0.1) is 0 Å². The Kier molecular flexibility index (Phi) is 7.81. The number of carbonyl (C=O) groups excluding carboxylic acids is 2. The van der Waals surface area contributed by atoms with E-state index in [1.807, 2.05) is 13.0 Å². The lowest BCUT2D eigenvalue weighted by Crippen LogP contribution is -2.63. The van der Waals surface area contributed by atoms with E-state index in [1.165, 1.54) is 0 Å². The van der Waals surface area contributed by atoms with Crippen molar-refractivity contribution in [1.82, 2.24) is 0 Å². The first-order chi connectivity index (χ1) is 16.5. The highest BCUT2D eigenvalue weighted by Crippen LogP contribution is 2.53. The average molecular weight is 555 g/mol. The molecule has 3 aliphatic rings. The third-order valence-corrected chi connectivity index (χ3v) is 8.54. The predicted octanol–water partition coefficient (Wildman–Crippen LogP) is 4.02. The zero-order chi connectivity index (χ0) is 25.4. The molecule has 1 spiro atoms. The maximum atomic E-state index is 12.8. The predicted molar refractivity (Wildman–Crippen MR) is 129 cm³/mol. The number of phenolic OH excluding ortho intramolecular Hbond substituents is 1. The summed E-state index contributed by atoms with van der Waals surface area (Å²) in [5.74, 6) is -1.97. The fraction of sp³-hybridized carbons (Fsp3) is 0.692. The van der Waals surface area contributed by atoms with Gasteiger partial charge in [-0.25, -0.2) is 0 Å². The first kappa shape index (κ1) is 26.4. The molecule has 0 unspecified atom stereocenters. The molecule has 8 nitrogen and oxygen atoms in total. The highest BCUT2D eigenvalue weighted by Gasteiger charge is 2.58. The highest BCUT2D eigenvalue weighted by molar-refractivity contribution is 9.10. The minimum Gasteiger partial charge on any atom is -0.508 e. The molecule has 0 saturated carbocycles. The van der Waals surface area contributed by atoms with Crippen molar-refractivity contribution in [3.8, 4) is 5.75 Å². The zero-order valence-electron chi connectivity index (χ0n) is 20.5. The van der Waals surface area contributed by atoms with Crippen LogP contribution < -0.4 is 0 Å². The number of aryl methyl sites for hydroxylation is 1. The summed E-state index contributed by atoms with van der Waals surface area (Å²) in [6.07, 6.45) is 0.865. The lowest BCUT2D eigenvalue weighted by atomic mass is 9.70. The van der Waals surface area contributed by atoms with Gasteiger partial charge in [0.25, 0.3) is 0 Å². The Morgan fingerprint density at radius 1 is 1.11 bits per heavy atom. The van der Waals surface area contributed by atoms with Crippen LogP contribution in [0.4, 0.5) is 0 Å². The van der Waals surface area contributed by atoms with E-state index in [-0.39, 0.29) is 42.1 Å². The first-order valence-corrected chi connectivity index (χ1v) is 13.1. The maximum Gasteiger partial charge on any atom is 0.309 e. The SMILES string of the molecule is C[C@H]1[C@@H]2C[C@@]3(O[C@H](CCC3(C)C)CC(=O)O[C@@H](CO)CC(=O)O2)O[C@@H]1CCc1cc(O)ccc1Br. The monoisotopic (exact) mass is 554 g/mol. The van der Waals surface area contributed by atoms with E-state index in [9.17, 15) is 19.8 Å². The molecule has 2 N–H and O–H groups in total. The molecule has 4 rings (SSSR count). The largest absolute Gasteiger partial charge is 0.508 e. The summed E-state index contributed by atoms with van der Waals surface area (Å²) >= 11 is 3.55. The molecular formula is C26H35BrO8. The van der Waals surface area contributed by atoms with Gasteiger partial charge in [-0.05, 0) is 49.4 Å². The minimum absolute atomic E-state index is 0.0356. The topological polar surface area (TPSA) is 112 Å². The van der Waals surface area contributed by atoms with Gasteiger partial charge in [0, 0.05) is 22.2 Å². The van der Waals surface area contributed by atoms with Gasteiger partial charge >= 0.3 is 11.9 Å². The molecule has 3 aliphatic heterocycles. The molecule has 0 aromatic heterocycles. The smallest absolute Gasteiger partial charge is 0.309 e. The van der Waals surface area contributed by atoms with Crippen molar-refractivity contribution in [2.45, 2.75) is 95.9 Å². The van der Waals surface area contributed by atoms with Gasteiger partial charge in [-0.3, -0.25) is 9.59 Å². The van der Waals surface area contributed by atoms with Crippen LogP contribution in [-0.2, 0) is 35.0 Å². The third-order valence-electron chi connectivity index (χ3n) is 7.76. The molecule has 3 bridgehead atoms. The Bertz CT molecular complexity index is 949. The number of hydrogen-bond acceptors (Lipinski definition) is 8. The summed E-state index contributed by atoms with van der Waals surface area (Å²) in [4.78, 5) is 25.3. The standard InChI is InChI=1S/C26H35BrO8/c1-15-21(7-4-16-10-17(29)5-6-20(16)27)35-26-13-22(15)33-24(31)12-19(14-28)32-23(30)11-18(34-26)8-9-25(26,2)3/h5-6,10,15,18-19,21-22,28-29H,4,7-9,11-14H2,1-3H3/t15-,18-,19-,21-,22+,26-/m1/s1. The maximum absolute atomic E-state index is 12.8. The van der Waals surface area contributed by atoms with Gasteiger partial charge in [0.15, 0.2) is 5.79 Å². The molecule has 0 radical (unpaired) electrons. The van der Waals surface area contributed by atoms with E-state index in [0.29, 0.717) is 25.7 Å². The Morgan fingerprint density at radius 2 is 1.86 bits per heavy atom. The van der Waals surface area contributed by atoms with Crippen molar-refractivity contribution in [1.29, 1.82) is 0 Å². The van der Waals surface area contributed by atoms with Crippen LogP contribution in [0.15, 0.2) is 22.7 Å². The van der Waals surface area contributed by atoms with Crippen molar-refractivity contribution in [3.63, 3.8) is 0 Å². The van der Waals surface area contributed by atoms with Crippen molar-refractivity contribution < 1.29 is 38.7 Å². The number of rotatable bonds is 4. The number of carbonyl (C=O) groups is 2. The Balaban J connectivity index is 1.64. The molecule has 3 saturated heterocycles. The van der Waals surface area contributed by atoms with Gasteiger partial charge < -0.3 is 29.2 Å². The molecule has 9 heteroatoms. The second kappa shape index (κ2) is 10.4. The van der Waals surface area contributed by atoms with E-state index in [2.05, 4.69) is 29.8 Å². The van der Waals surface area contributed by atoms with Crippen LogP contribution in [0.1, 0.15) is 64.9 Å². The van der Waals surface area contributed by atoms with Crippen molar-refractivity contribution in [2.75, 3.05) is 6.61 Å². The van der Waals surface area contributed by atoms with Crippen LogP contribution in [0.2, 0.25) is 0 Å². The normalized spacial score (nSPS) is 35.3. The summed E-state index contributed by atoms with van der Waals surface area (Å²) in [5.41, 5.74) is 0.582. The molecule has 0 aliphatic carbocycles. The number of phenols is 1. The van der Waals surface area contributed by atoms with E-state index in [1.54, 1.807) is 12.1 Å². The summed E-state index contributed by atoms with van der Waals surface area (Å²) in [6.45, 7) is 5.74. The van der Waals surface area contributed by atoms with Crippen molar-refractivity contribution in [3.05, 3.63) is 28.2 Å². The fourth-order valence-corrected chi connectivity index (χ4v) is 5.88. The van der Waals surface area contributed by atoms with Gasteiger partial charge in [-0.1, -0.05) is 36.7 Å². The van der Waals surface area contributed by atoms with Gasteiger partial charge in [-0.2, -0.15) is 0 Å². The molecular weight excluding hydrogens is 520 g/mol. The summed E-state index contributed by atoms with van der Waals surface area (Å²) in [5, 5.41) is 19.5.